The first-order valence-corrected chi connectivity index (χ1v) is 6.69. The normalized spacial score (nSPS) is 13.1. The van der Waals surface area contributed by atoms with E-state index in [2.05, 4.69) is 10.6 Å². The molecule has 6 nitrogen and oxygen atoms in total. The Labute approximate surface area is 119 Å². The van der Waals surface area contributed by atoms with E-state index in [4.69, 9.17) is 14.3 Å². The van der Waals surface area contributed by atoms with Crippen molar-refractivity contribution in [2.75, 3.05) is 6.54 Å². The van der Waals surface area contributed by atoms with Crippen LogP contribution in [0.15, 0.2) is 16.5 Å². The summed E-state index contributed by atoms with van der Waals surface area (Å²) in [4.78, 5) is 11.5. The molecule has 0 aliphatic rings. The second-order valence-electron chi connectivity index (χ2n) is 5.69. The summed E-state index contributed by atoms with van der Waals surface area (Å²) in [6.45, 7) is 8.32. The summed E-state index contributed by atoms with van der Waals surface area (Å²) in [6, 6.07) is 3.62. The van der Waals surface area contributed by atoms with Crippen molar-refractivity contribution < 1.29 is 19.1 Å². The van der Waals surface area contributed by atoms with E-state index in [-0.39, 0.29) is 12.6 Å². The Morgan fingerprint density at radius 1 is 1.40 bits per heavy atom. The van der Waals surface area contributed by atoms with E-state index in [1.54, 1.807) is 6.07 Å². The van der Waals surface area contributed by atoms with Gasteiger partial charge in [0.05, 0.1) is 6.54 Å². The number of rotatable bonds is 6. The van der Waals surface area contributed by atoms with Crippen LogP contribution in [0.4, 0.5) is 4.79 Å². The Balaban J connectivity index is 2.23. The number of alkyl carbamates (subject to hydrolysis) is 1. The number of nitrogens with one attached hydrogen (secondary N) is 2. The van der Waals surface area contributed by atoms with E-state index in [0.29, 0.717) is 18.8 Å². The van der Waals surface area contributed by atoms with Crippen LogP contribution < -0.4 is 10.6 Å². The third-order valence-electron chi connectivity index (χ3n) is 2.45. The molecular weight excluding hydrogens is 260 g/mol. The average Bonchev–Trinajstić information content (AvgIpc) is 2.79. The van der Waals surface area contributed by atoms with Gasteiger partial charge in [-0.2, -0.15) is 0 Å². The van der Waals surface area contributed by atoms with Crippen LogP contribution in [-0.2, 0) is 17.9 Å². The van der Waals surface area contributed by atoms with Gasteiger partial charge in [-0.1, -0.05) is 0 Å². The van der Waals surface area contributed by atoms with Crippen molar-refractivity contribution in [2.24, 2.45) is 0 Å². The molecule has 1 heterocycles. The maximum Gasteiger partial charge on any atom is 0.407 e. The summed E-state index contributed by atoms with van der Waals surface area (Å²) >= 11 is 0. The molecule has 0 fully saturated rings. The molecule has 0 bridgehead atoms. The highest BCUT2D eigenvalue weighted by atomic mass is 16.6. The highest BCUT2D eigenvalue weighted by Gasteiger charge is 2.16. The summed E-state index contributed by atoms with van der Waals surface area (Å²) in [5, 5.41) is 14.8. The Hall–Kier alpha value is -1.53. The van der Waals surface area contributed by atoms with Crippen LogP contribution in [0.3, 0.4) is 0 Å². The van der Waals surface area contributed by atoms with Gasteiger partial charge in [0.25, 0.3) is 0 Å². The third-order valence-corrected chi connectivity index (χ3v) is 2.45. The van der Waals surface area contributed by atoms with Crippen LogP contribution in [0.25, 0.3) is 0 Å². The molecule has 114 valence electrons. The number of aliphatic hydroxyl groups is 1. The van der Waals surface area contributed by atoms with E-state index in [1.165, 1.54) is 0 Å². The van der Waals surface area contributed by atoms with Crippen LogP contribution in [0, 0.1) is 0 Å². The van der Waals surface area contributed by atoms with Crippen LogP contribution >= 0.6 is 0 Å². The largest absolute Gasteiger partial charge is 0.462 e. The van der Waals surface area contributed by atoms with E-state index in [9.17, 15) is 4.79 Å². The van der Waals surface area contributed by atoms with E-state index < -0.39 is 11.7 Å². The molecule has 0 radical (unpaired) electrons. The Morgan fingerprint density at radius 3 is 2.60 bits per heavy atom. The monoisotopic (exact) mass is 284 g/mol. The summed E-state index contributed by atoms with van der Waals surface area (Å²) in [5.41, 5.74) is -0.490. The third kappa shape index (κ3) is 6.58. The fourth-order valence-electron chi connectivity index (χ4n) is 1.50. The second kappa shape index (κ2) is 7.31. The first-order chi connectivity index (χ1) is 9.30. The van der Waals surface area contributed by atoms with Crippen molar-refractivity contribution in [3.05, 3.63) is 23.7 Å². The number of amides is 1. The summed E-state index contributed by atoms with van der Waals surface area (Å²) < 4.78 is 10.5. The molecule has 1 rings (SSSR count). The number of ether oxygens (including phenoxy) is 1. The van der Waals surface area contributed by atoms with Gasteiger partial charge >= 0.3 is 6.09 Å². The molecule has 1 aromatic heterocycles. The van der Waals surface area contributed by atoms with Gasteiger partial charge in [-0.05, 0) is 39.8 Å². The SMILES string of the molecule is CC(CNC(=O)OC(C)(C)C)NCc1ccc(CO)o1. The molecule has 0 aromatic carbocycles. The number of aliphatic hydroxyl groups excluding tert-OH is 1. The molecule has 20 heavy (non-hydrogen) atoms. The summed E-state index contributed by atoms with van der Waals surface area (Å²) in [6.07, 6.45) is -0.424. The second-order valence-corrected chi connectivity index (χ2v) is 5.69. The number of carbonyl (C=O) groups is 1. The van der Waals surface area contributed by atoms with Crippen molar-refractivity contribution in [1.82, 2.24) is 10.6 Å². The minimum Gasteiger partial charge on any atom is -0.462 e. The minimum atomic E-state index is -0.490. The van der Waals surface area contributed by atoms with Gasteiger partial charge in [-0.25, -0.2) is 4.79 Å². The van der Waals surface area contributed by atoms with Gasteiger partial charge in [0.15, 0.2) is 0 Å². The lowest BCUT2D eigenvalue weighted by molar-refractivity contribution is 0.0523. The van der Waals surface area contributed by atoms with Crippen LogP contribution in [0.1, 0.15) is 39.2 Å². The molecule has 3 N–H and O–H groups in total. The van der Waals surface area contributed by atoms with Gasteiger partial charge < -0.3 is 24.9 Å². The molecule has 0 saturated heterocycles. The van der Waals surface area contributed by atoms with Crippen molar-refractivity contribution in [1.29, 1.82) is 0 Å². The van der Waals surface area contributed by atoms with Crippen molar-refractivity contribution in [3.8, 4) is 0 Å². The van der Waals surface area contributed by atoms with Gasteiger partial charge in [0.1, 0.15) is 23.7 Å². The molecule has 1 unspecified atom stereocenters. The molecular formula is C14H24N2O4. The van der Waals surface area contributed by atoms with E-state index in [1.807, 2.05) is 33.8 Å². The topological polar surface area (TPSA) is 83.7 Å². The highest BCUT2D eigenvalue weighted by Crippen LogP contribution is 2.08. The van der Waals surface area contributed by atoms with E-state index >= 15 is 0 Å². The summed E-state index contributed by atoms with van der Waals surface area (Å²) in [5.74, 6) is 1.29. The fraction of sp³-hybridized carbons (Fsp3) is 0.643. The highest BCUT2D eigenvalue weighted by molar-refractivity contribution is 5.67. The molecule has 1 aromatic rings. The first kappa shape index (κ1) is 16.5. The molecule has 0 aliphatic carbocycles. The number of hydrogen-bond donors (Lipinski definition) is 3. The Kier molecular flexibility index (Phi) is 6.04. The predicted octanol–water partition coefficient (Wildman–Crippen LogP) is 1.77. The zero-order valence-electron chi connectivity index (χ0n) is 12.5. The molecule has 0 aliphatic heterocycles. The smallest absolute Gasteiger partial charge is 0.407 e. The minimum absolute atomic E-state index is 0.0743. The van der Waals surface area contributed by atoms with Gasteiger partial charge in [-0.15, -0.1) is 0 Å². The average molecular weight is 284 g/mol. The van der Waals surface area contributed by atoms with Gasteiger partial charge in [0, 0.05) is 12.6 Å². The lowest BCUT2D eigenvalue weighted by atomic mass is 10.2. The molecule has 1 atom stereocenters. The maximum atomic E-state index is 11.5. The Bertz CT molecular complexity index is 423. The first-order valence-electron chi connectivity index (χ1n) is 6.69. The molecule has 1 amide bonds. The van der Waals surface area contributed by atoms with Crippen molar-refractivity contribution in [3.63, 3.8) is 0 Å². The zero-order valence-corrected chi connectivity index (χ0v) is 12.5. The zero-order chi connectivity index (χ0) is 15.2. The van der Waals surface area contributed by atoms with E-state index in [0.717, 1.165) is 5.76 Å². The van der Waals surface area contributed by atoms with Crippen molar-refractivity contribution >= 4 is 6.09 Å². The van der Waals surface area contributed by atoms with Gasteiger partial charge in [-0.3, -0.25) is 0 Å². The molecule has 0 saturated carbocycles. The lowest BCUT2D eigenvalue weighted by Gasteiger charge is -2.21. The molecule has 6 heteroatoms. The number of furan rings is 1. The fourth-order valence-corrected chi connectivity index (χ4v) is 1.50. The van der Waals surface area contributed by atoms with Crippen LogP contribution in [-0.4, -0.2) is 29.4 Å². The Morgan fingerprint density at radius 2 is 2.05 bits per heavy atom. The molecule has 0 spiro atoms. The van der Waals surface area contributed by atoms with Gasteiger partial charge in [0.2, 0.25) is 0 Å². The number of carbonyl (C=O) groups excluding carboxylic acids is 1. The van der Waals surface area contributed by atoms with Crippen LogP contribution in [0.2, 0.25) is 0 Å². The van der Waals surface area contributed by atoms with Crippen molar-refractivity contribution in [2.45, 2.75) is 52.5 Å². The number of hydrogen-bond acceptors (Lipinski definition) is 5. The quantitative estimate of drug-likeness (QED) is 0.741. The van der Waals surface area contributed by atoms with Crippen LogP contribution in [0.5, 0.6) is 0 Å². The maximum absolute atomic E-state index is 11.5. The summed E-state index contributed by atoms with van der Waals surface area (Å²) in [7, 11) is 0. The predicted molar refractivity (Wildman–Crippen MR) is 75.2 cm³/mol. The lowest BCUT2D eigenvalue weighted by Crippen LogP contribution is -2.40. The standard InChI is InChI=1S/C14H24N2O4/c1-10(7-16-13(18)20-14(2,3)4)15-8-11-5-6-12(9-17)19-11/h5-6,10,15,17H,7-9H2,1-4H3,(H,16,18).